The van der Waals surface area contributed by atoms with E-state index in [1.54, 1.807) is 13.0 Å². The first kappa shape index (κ1) is 15.8. The molecule has 2 aromatic rings. The van der Waals surface area contributed by atoms with Crippen molar-refractivity contribution in [2.75, 3.05) is 6.61 Å². The molecule has 3 heteroatoms. The van der Waals surface area contributed by atoms with E-state index >= 15 is 0 Å². The van der Waals surface area contributed by atoms with Gasteiger partial charge in [-0.3, -0.25) is 0 Å². The molecule has 0 aliphatic carbocycles. The van der Waals surface area contributed by atoms with Gasteiger partial charge in [0.25, 0.3) is 0 Å². The monoisotopic (exact) mass is 296 g/mol. The standard InChI is InChI=1S/C19H20O3/c1-4-21-19(20)18(13-16-9-5-14(2)6-10-16)22-17-11-7-15(3)8-12-17/h5-13H,4H2,1-3H3/b18-13-. The minimum Gasteiger partial charge on any atom is -0.460 e. The zero-order valence-electron chi connectivity index (χ0n) is 13.1. The van der Waals surface area contributed by atoms with Crippen molar-refractivity contribution in [2.24, 2.45) is 0 Å². The van der Waals surface area contributed by atoms with Crippen molar-refractivity contribution in [1.29, 1.82) is 0 Å². The van der Waals surface area contributed by atoms with Gasteiger partial charge in [-0.05, 0) is 44.5 Å². The molecule has 0 atom stereocenters. The van der Waals surface area contributed by atoms with Crippen LogP contribution in [0.25, 0.3) is 6.08 Å². The molecule has 0 radical (unpaired) electrons. The van der Waals surface area contributed by atoms with Crippen LogP contribution in [0.3, 0.4) is 0 Å². The Morgan fingerprint density at radius 3 is 2.05 bits per heavy atom. The number of aryl methyl sites for hydroxylation is 2. The van der Waals surface area contributed by atoms with Gasteiger partial charge in [-0.2, -0.15) is 0 Å². The smallest absolute Gasteiger partial charge is 0.374 e. The molecule has 22 heavy (non-hydrogen) atoms. The highest BCUT2D eigenvalue weighted by atomic mass is 16.6. The highest BCUT2D eigenvalue weighted by molar-refractivity contribution is 5.92. The fraction of sp³-hybridized carbons (Fsp3) is 0.211. The third kappa shape index (κ3) is 4.48. The SMILES string of the molecule is CCOC(=O)/C(=C/c1ccc(C)cc1)Oc1ccc(C)cc1. The summed E-state index contributed by atoms with van der Waals surface area (Å²) < 4.78 is 10.8. The highest BCUT2D eigenvalue weighted by Gasteiger charge is 2.13. The Balaban J connectivity index is 2.27. The number of carbonyl (C=O) groups is 1. The zero-order chi connectivity index (χ0) is 15.9. The Morgan fingerprint density at radius 1 is 0.955 bits per heavy atom. The first-order valence-corrected chi connectivity index (χ1v) is 7.28. The van der Waals surface area contributed by atoms with Gasteiger partial charge in [0.05, 0.1) is 6.61 Å². The van der Waals surface area contributed by atoms with Crippen molar-refractivity contribution < 1.29 is 14.3 Å². The summed E-state index contributed by atoms with van der Waals surface area (Å²) >= 11 is 0. The Hall–Kier alpha value is -2.55. The number of hydrogen-bond acceptors (Lipinski definition) is 3. The maximum atomic E-state index is 12.1. The fourth-order valence-electron chi connectivity index (χ4n) is 1.88. The van der Waals surface area contributed by atoms with Gasteiger partial charge in [0, 0.05) is 0 Å². The van der Waals surface area contributed by atoms with Gasteiger partial charge in [-0.25, -0.2) is 4.79 Å². The van der Waals surface area contributed by atoms with Crippen LogP contribution < -0.4 is 4.74 Å². The third-order valence-corrected chi connectivity index (χ3v) is 3.10. The number of rotatable bonds is 5. The lowest BCUT2D eigenvalue weighted by atomic mass is 10.1. The quantitative estimate of drug-likeness (QED) is 0.469. The van der Waals surface area contributed by atoms with Gasteiger partial charge in [0.1, 0.15) is 5.75 Å². The molecule has 0 amide bonds. The minimum atomic E-state index is -0.469. The Morgan fingerprint density at radius 2 is 1.50 bits per heavy atom. The van der Waals surface area contributed by atoms with E-state index < -0.39 is 5.97 Å². The molecule has 0 saturated heterocycles. The average Bonchev–Trinajstić information content (AvgIpc) is 2.51. The van der Waals surface area contributed by atoms with Gasteiger partial charge < -0.3 is 9.47 Å². The molecule has 0 bridgehead atoms. The second-order valence-corrected chi connectivity index (χ2v) is 5.05. The van der Waals surface area contributed by atoms with Gasteiger partial charge in [0.15, 0.2) is 0 Å². The van der Waals surface area contributed by atoms with Crippen LogP contribution in [0.5, 0.6) is 5.75 Å². The summed E-state index contributed by atoms with van der Waals surface area (Å²) in [5.74, 6) is 0.315. The normalized spacial score (nSPS) is 11.1. The molecule has 3 nitrogen and oxygen atoms in total. The molecule has 0 aliphatic rings. The van der Waals surface area contributed by atoms with Crippen molar-refractivity contribution in [2.45, 2.75) is 20.8 Å². The van der Waals surface area contributed by atoms with Crippen molar-refractivity contribution in [3.05, 3.63) is 71.0 Å². The molecule has 0 heterocycles. The molecule has 0 saturated carbocycles. The van der Waals surface area contributed by atoms with E-state index in [2.05, 4.69) is 0 Å². The van der Waals surface area contributed by atoms with E-state index in [0.717, 1.165) is 16.7 Å². The lowest BCUT2D eigenvalue weighted by Crippen LogP contribution is -2.12. The van der Waals surface area contributed by atoms with Crippen LogP contribution in [-0.2, 0) is 9.53 Å². The number of hydrogen-bond donors (Lipinski definition) is 0. The summed E-state index contributed by atoms with van der Waals surface area (Å²) in [6, 6.07) is 15.4. The molecule has 0 aromatic heterocycles. The predicted molar refractivity (Wildman–Crippen MR) is 87.6 cm³/mol. The third-order valence-electron chi connectivity index (χ3n) is 3.10. The largest absolute Gasteiger partial charge is 0.460 e. The molecule has 0 spiro atoms. The van der Waals surface area contributed by atoms with Gasteiger partial charge in [-0.15, -0.1) is 0 Å². The lowest BCUT2D eigenvalue weighted by molar-refractivity contribution is -0.140. The predicted octanol–water partition coefficient (Wildman–Crippen LogP) is 4.29. The number of benzene rings is 2. The number of carbonyl (C=O) groups excluding carboxylic acids is 1. The van der Waals surface area contributed by atoms with Crippen molar-refractivity contribution >= 4 is 12.0 Å². The molecular formula is C19H20O3. The van der Waals surface area contributed by atoms with Crippen LogP contribution in [0.1, 0.15) is 23.6 Å². The van der Waals surface area contributed by atoms with E-state index in [1.807, 2.05) is 62.4 Å². The summed E-state index contributed by atoms with van der Waals surface area (Å²) in [6.45, 7) is 6.09. The first-order valence-electron chi connectivity index (χ1n) is 7.28. The number of esters is 1. The zero-order valence-corrected chi connectivity index (χ0v) is 13.1. The maximum absolute atomic E-state index is 12.1. The van der Waals surface area contributed by atoms with Crippen LogP contribution >= 0.6 is 0 Å². The second-order valence-electron chi connectivity index (χ2n) is 5.05. The second kappa shape index (κ2) is 7.46. The molecule has 0 N–H and O–H groups in total. The van der Waals surface area contributed by atoms with Gasteiger partial charge in [-0.1, -0.05) is 47.5 Å². The van der Waals surface area contributed by atoms with Gasteiger partial charge >= 0.3 is 5.97 Å². The summed E-state index contributed by atoms with van der Waals surface area (Å²) in [5, 5.41) is 0. The van der Waals surface area contributed by atoms with E-state index in [9.17, 15) is 4.79 Å². The van der Waals surface area contributed by atoms with Crippen molar-refractivity contribution in [3.8, 4) is 5.75 Å². The van der Waals surface area contributed by atoms with Crippen LogP contribution in [-0.4, -0.2) is 12.6 Å². The van der Waals surface area contributed by atoms with E-state index in [4.69, 9.17) is 9.47 Å². The summed E-state index contributed by atoms with van der Waals surface area (Å²) in [4.78, 5) is 12.1. The van der Waals surface area contributed by atoms with Crippen LogP contribution in [0.15, 0.2) is 54.3 Å². The molecular weight excluding hydrogens is 276 g/mol. The molecule has 0 unspecified atom stereocenters. The highest BCUT2D eigenvalue weighted by Crippen LogP contribution is 2.18. The Labute approximate surface area is 131 Å². The average molecular weight is 296 g/mol. The maximum Gasteiger partial charge on any atom is 0.374 e. The molecule has 2 aromatic carbocycles. The molecule has 2 rings (SSSR count). The Bertz CT molecular complexity index is 652. The molecule has 114 valence electrons. The lowest BCUT2D eigenvalue weighted by Gasteiger charge is -2.10. The van der Waals surface area contributed by atoms with Crippen LogP contribution in [0.4, 0.5) is 0 Å². The molecule has 0 aliphatic heterocycles. The van der Waals surface area contributed by atoms with Crippen LogP contribution in [0, 0.1) is 13.8 Å². The van der Waals surface area contributed by atoms with E-state index in [1.165, 1.54) is 0 Å². The summed E-state index contributed by atoms with van der Waals surface area (Å²) in [6.07, 6.45) is 1.69. The fourth-order valence-corrected chi connectivity index (χ4v) is 1.88. The number of ether oxygens (including phenoxy) is 2. The molecule has 0 fully saturated rings. The van der Waals surface area contributed by atoms with E-state index in [-0.39, 0.29) is 5.76 Å². The van der Waals surface area contributed by atoms with E-state index in [0.29, 0.717) is 12.4 Å². The summed E-state index contributed by atoms with van der Waals surface area (Å²) in [5.41, 5.74) is 3.18. The minimum absolute atomic E-state index is 0.176. The van der Waals surface area contributed by atoms with Crippen LogP contribution in [0.2, 0.25) is 0 Å². The van der Waals surface area contributed by atoms with Crippen molar-refractivity contribution in [3.63, 3.8) is 0 Å². The topological polar surface area (TPSA) is 35.5 Å². The van der Waals surface area contributed by atoms with Crippen molar-refractivity contribution in [1.82, 2.24) is 0 Å². The Kier molecular flexibility index (Phi) is 5.37. The summed E-state index contributed by atoms with van der Waals surface area (Å²) in [7, 11) is 0. The van der Waals surface area contributed by atoms with Gasteiger partial charge in [0.2, 0.25) is 5.76 Å². The first-order chi connectivity index (χ1) is 10.6.